The summed E-state index contributed by atoms with van der Waals surface area (Å²) in [5, 5.41) is 9.20. The summed E-state index contributed by atoms with van der Waals surface area (Å²) in [6, 6.07) is 0. The number of carbonyl (C=O) groups excluding carboxylic acids is 1. The fraction of sp³-hybridized carbons (Fsp3) is 0.600. The maximum absolute atomic E-state index is 11.2. The Kier molecular flexibility index (Phi) is 4.01. The summed E-state index contributed by atoms with van der Waals surface area (Å²) in [5.41, 5.74) is -1.23. The molecular weight excluding hydrogens is 182 g/mol. The van der Waals surface area contributed by atoms with Gasteiger partial charge in [-0.25, -0.2) is 4.79 Å². The molecule has 1 N–H and O–H groups in total. The highest BCUT2D eigenvalue weighted by molar-refractivity contribution is 5.93. The second-order valence-electron chi connectivity index (χ2n) is 3.76. The van der Waals surface area contributed by atoms with Gasteiger partial charge in [-0.3, -0.25) is 9.69 Å². The summed E-state index contributed by atoms with van der Waals surface area (Å²) in [6.07, 6.45) is 0.508. The zero-order valence-electron chi connectivity index (χ0n) is 9.07. The molecule has 0 saturated carbocycles. The van der Waals surface area contributed by atoms with Crippen molar-refractivity contribution in [1.29, 1.82) is 0 Å². The van der Waals surface area contributed by atoms with Gasteiger partial charge in [-0.15, -0.1) is 0 Å². The molecule has 0 amide bonds. The Morgan fingerprint density at radius 3 is 2.00 bits per heavy atom. The summed E-state index contributed by atoms with van der Waals surface area (Å²) in [7, 11) is 3.26. The highest BCUT2D eigenvalue weighted by Crippen LogP contribution is 2.29. The molecule has 0 aliphatic carbocycles. The van der Waals surface area contributed by atoms with Gasteiger partial charge in [-0.05, 0) is 20.0 Å². The van der Waals surface area contributed by atoms with Crippen LogP contribution in [0.5, 0.6) is 0 Å². The molecule has 4 heteroatoms. The average molecular weight is 199 g/mol. The Labute approximate surface area is 84.2 Å². The lowest BCUT2D eigenvalue weighted by atomic mass is 9.79. The van der Waals surface area contributed by atoms with Crippen LogP contribution in [0.4, 0.5) is 0 Å². The van der Waals surface area contributed by atoms with E-state index in [9.17, 15) is 14.7 Å². The predicted molar refractivity (Wildman–Crippen MR) is 54.1 cm³/mol. The molecule has 0 heterocycles. The van der Waals surface area contributed by atoms with Crippen molar-refractivity contribution >= 4 is 12.3 Å². The van der Waals surface area contributed by atoms with Crippen LogP contribution in [-0.2, 0) is 9.59 Å². The van der Waals surface area contributed by atoms with E-state index in [1.54, 1.807) is 27.9 Å². The van der Waals surface area contributed by atoms with Crippen LogP contribution >= 0.6 is 0 Å². The molecule has 14 heavy (non-hydrogen) atoms. The van der Waals surface area contributed by atoms with E-state index >= 15 is 0 Å². The van der Waals surface area contributed by atoms with E-state index < -0.39 is 11.5 Å². The molecule has 0 aromatic carbocycles. The first kappa shape index (κ1) is 12.8. The first-order chi connectivity index (χ1) is 6.31. The fourth-order valence-electron chi connectivity index (χ4n) is 1.84. The van der Waals surface area contributed by atoms with Crippen LogP contribution in [0.25, 0.3) is 0 Å². The molecule has 0 saturated heterocycles. The molecule has 0 aliphatic rings. The maximum Gasteiger partial charge on any atom is 0.329 e. The van der Waals surface area contributed by atoms with E-state index in [0.29, 0.717) is 6.29 Å². The topological polar surface area (TPSA) is 57.6 Å². The third-order valence-corrected chi connectivity index (χ3v) is 2.50. The number of nitrogens with zero attached hydrogens (tertiary/aromatic N) is 1. The van der Waals surface area contributed by atoms with E-state index in [0.717, 1.165) is 0 Å². The third kappa shape index (κ3) is 1.70. The minimum absolute atomic E-state index is 0.0741. The smallest absolute Gasteiger partial charge is 0.329 e. The van der Waals surface area contributed by atoms with Gasteiger partial charge in [0, 0.05) is 5.57 Å². The van der Waals surface area contributed by atoms with E-state index in [1.165, 1.54) is 4.90 Å². The van der Waals surface area contributed by atoms with Gasteiger partial charge >= 0.3 is 5.97 Å². The predicted octanol–water partition coefficient (Wildman–Crippen LogP) is 0.782. The summed E-state index contributed by atoms with van der Waals surface area (Å²) < 4.78 is 0. The number of carboxylic acids is 1. The van der Waals surface area contributed by atoms with E-state index in [4.69, 9.17) is 0 Å². The first-order valence-electron chi connectivity index (χ1n) is 4.37. The molecule has 0 rings (SSSR count). The van der Waals surface area contributed by atoms with Crippen molar-refractivity contribution in [2.24, 2.45) is 5.92 Å². The van der Waals surface area contributed by atoms with Crippen molar-refractivity contribution in [3.63, 3.8) is 0 Å². The average Bonchev–Trinajstić information content (AvgIpc) is 2.02. The van der Waals surface area contributed by atoms with Crippen LogP contribution in [0, 0.1) is 5.92 Å². The summed E-state index contributed by atoms with van der Waals surface area (Å²) in [6.45, 7) is 7.02. The van der Waals surface area contributed by atoms with E-state index in [1.807, 2.05) is 0 Å². The van der Waals surface area contributed by atoms with Gasteiger partial charge in [-0.2, -0.15) is 0 Å². The van der Waals surface area contributed by atoms with Crippen molar-refractivity contribution in [3.05, 3.63) is 12.2 Å². The third-order valence-electron chi connectivity index (χ3n) is 2.50. The Bertz CT molecular complexity index is 248. The lowest BCUT2D eigenvalue weighted by Gasteiger charge is -2.39. The molecule has 0 radical (unpaired) electrons. The van der Waals surface area contributed by atoms with Gasteiger partial charge in [-0.1, -0.05) is 20.4 Å². The second-order valence-corrected chi connectivity index (χ2v) is 3.76. The van der Waals surface area contributed by atoms with Crippen molar-refractivity contribution in [3.8, 4) is 0 Å². The molecule has 0 aromatic heterocycles. The van der Waals surface area contributed by atoms with Gasteiger partial charge in [0.25, 0.3) is 0 Å². The standard InChI is InChI=1S/C10H17NO3/c1-7(2)10(9(13)14,11(4)5)8(3)6-12/h6-7H,3H2,1-2,4-5H3,(H,13,14). The number of carbonyl (C=O) groups is 2. The SMILES string of the molecule is C=C(C=O)C(C(=O)O)(C(C)C)N(C)C. The van der Waals surface area contributed by atoms with Crippen LogP contribution in [-0.4, -0.2) is 41.9 Å². The van der Waals surface area contributed by atoms with Crippen molar-refractivity contribution in [1.82, 2.24) is 4.90 Å². The Morgan fingerprint density at radius 2 is 1.93 bits per heavy atom. The Balaban J connectivity index is 5.50. The van der Waals surface area contributed by atoms with E-state index in [-0.39, 0.29) is 11.5 Å². The van der Waals surface area contributed by atoms with Gasteiger partial charge in [0.15, 0.2) is 0 Å². The monoisotopic (exact) mass is 199 g/mol. The summed E-state index contributed by atoms with van der Waals surface area (Å²) in [4.78, 5) is 23.4. The van der Waals surface area contributed by atoms with Crippen molar-refractivity contribution in [2.75, 3.05) is 14.1 Å². The number of rotatable bonds is 5. The molecule has 0 bridgehead atoms. The van der Waals surface area contributed by atoms with E-state index in [2.05, 4.69) is 6.58 Å². The van der Waals surface area contributed by atoms with Gasteiger partial charge in [0.1, 0.15) is 11.8 Å². The normalized spacial score (nSPS) is 15.3. The number of likely N-dealkylation sites (N-methyl/N-ethyl adjacent to an activating group) is 1. The fourth-order valence-corrected chi connectivity index (χ4v) is 1.84. The molecule has 0 spiro atoms. The number of hydrogen-bond acceptors (Lipinski definition) is 3. The summed E-state index contributed by atoms with van der Waals surface area (Å²) >= 11 is 0. The molecule has 4 nitrogen and oxygen atoms in total. The maximum atomic E-state index is 11.2. The molecule has 0 aliphatic heterocycles. The minimum atomic E-state index is -1.30. The van der Waals surface area contributed by atoms with Gasteiger partial charge < -0.3 is 5.11 Å². The molecule has 1 unspecified atom stereocenters. The highest BCUT2D eigenvalue weighted by atomic mass is 16.4. The largest absolute Gasteiger partial charge is 0.480 e. The quantitative estimate of drug-likeness (QED) is 0.525. The molecule has 0 aromatic rings. The van der Waals surface area contributed by atoms with Gasteiger partial charge in [0.2, 0.25) is 0 Å². The number of carboxylic acid groups (broad SMARTS) is 1. The van der Waals surface area contributed by atoms with Gasteiger partial charge in [0.05, 0.1) is 0 Å². The van der Waals surface area contributed by atoms with Crippen LogP contribution in [0.15, 0.2) is 12.2 Å². The molecular formula is C10H17NO3. The van der Waals surface area contributed by atoms with Crippen LogP contribution < -0.4 is 0 Å². The molecule has 80 valence electrons. The Morgan fingerprint density at radius 1 is 1.50 bits per heavy atom. The number of aliphatic carboxylic acids is 1. The summed E-state index contributed by atoms with van der Waals surface area (Å²) in [5.74, 6) is -1.28. The number of hydrogen-bond donors (Lipinski definition) is 1. The second kappa shape index (κ2) is 4.37. The zero-order chi connectivity index (χ0) is 11.5. The molecule has 0 fully saturated rings. The van der Waals surface area contributed by atoms with Crippen LogP contribution in [0.3, 0.4) is 0 Å². The molecule has 1 atom stereocenters. The first-order valence-corrected chi connectivity index (χ1v) is 4.37. The lowest BCUT2D eigenvalue weighted by molar-refractivity contribution is -0.150. The van der Waals surface area contributed by atoms with Crippen molar-refractivity contribution < 1.29 is 14.7 Å². The lowest BCUT2D eigenvalue weighted by Crippen LogP contribution is -2.56. The Hall–Kier alpha value is -1.16. The van der Waals surface area contributed by atoms with Crippen LogP contribution in [0.1, 0.15) is 13.8 Å². The van der Waals surface area contributed by atoms with Crippen LogP contribution in [0.2, 0.25) is 0 Å². The zero-order valence-corrected chi connectivity index (χ0v) is 9.07. The minimum Gasteiger partial charge on any atom is -0.480 e. The number of aldehydes is 1. The van der Waals surface area contributed by atoms with Crippen molar-refractivity contribution in [2.45, 2.75) is 19.4 Å². The highest BCUT2D eigenvalue weighted by Gasteiger charge is 2.46.